The highest BCUT2D eigenvalue weighted by Crippen LogP contribution is 2.27. The predicted octanol–water partition coefficient (Wildman–Crippen LogP) is 3.89. The zero-order valence-electron chi connectivity index (χ0n) is 19.8. The molecule has 2 amide bonds. The molecule has 2 aromatic rings. The smallest absolute Gasteiger partial charge is 0.242 e. The number of sulfonamides is 1. The van der Waals surface area contributed by atoms with E-state index in [-0.39, 0.29) is 37.7 Å². The Bertz CT molecular complexity index is 1110. The van der Waals surface area contributed by atoms with Gasteiger partial charge in [0, 0.05) is 31.6 Å². The highest BCUT2D eigenvalue weighted by molar-refractivity contribution is 7.92. The monoisotopic (exact) mass is 511 g/mol. The molecule has 0 saturated heterocycles. The zero-order valence-corrected chi connectivity index (χ0v) is 21.4. The third-order valence-electron chi connectivity index (χ3n) is 5.49. The average Bonchev–Trinajstić information content (AvgIpc) is 2.78. The van der Waals surface area contributed by atoms with E-state index >= 15 is 0 Å². The van der Waals surface area contributed by atoms with Crippen molar-refractivity contribution in [1.82, 2.24) is 10.2 Å². The Balaban J connectivity index is 2.21. The average molecular weight is 512 g/mol. The first kappa shape index (κ1) is 27.6. The largest absolute Gasteiger partial charge is 0.357 e. The highest BCUT2D eigenvalue weighted by Gasteiger charge is 2.28. The van der Waals surface area contributed by atoms with Gasteiger partial charge in [0.2, 0.25) is 21.8 Å². The first-order chi connectivity index (χ1) is 16.0. The summed E-state index contributed by atoms with van der Waals surface area (Å²) in [5, 5.41) is 2.99. The third-order valence-corrected chi connectivity index (χ3v) is 6.91. The first-order valence-corrected chi connectivity index (χ1v) is 13.2. The number of likely N-dealkylation sites (N-methyl/N-ethyl adjacent to an activating group) is 1. The number of carbonyl (C=O) groups is 2. The van der Waals surface area contributed by atoms with Gasteiger partial charge in [-0.25, -0.2) is 12.8 Å². The van der Waals surface area contributed by atoms with Crippen molar-refractivity contribution in [2.45, 2.75) is 45.7 Å². The number of halogens is 2. The number of amides is 2. The van der Waals surface area contributed by atoms with Crippen LogP contribution < -0.4 is 9.62 Å². The van der Waals surface area contributed by atoms with Gasteiger partial charge in [0.05, 0.1) is 11.9 Å². The van der Waals surface area contributed by atoms with E-state index in [2.05, 4.69) is 5.32 Å². The summed E-state index contributed by atoms with van der Waals surface area (Å²) in [5.41, 5.74) is 1.89. The molecule has 0 heterocycles. The predicted molar refractivity (Wildman–Crippen MR) is 133 cm³/mol. The molecule has 0 unspecified atom stereocenters. The number of anilines is 1. The second kappa shape index (κ2) is 12.2. The summed E-state index contributed by atoms with van der Waals surface area (Å²) in [7, 11) is -2.11. The Labute approximate surface area is 205 Å². The van der Waals surface area contributed by atoms with E-state index in [1.807, 2.05) is 0 Å². The van der Waals surface area contributed by atoms with Gasteiger partial charge >= 0.3 is 0 Å². The molecule has 0 spiro atoms. The van der Waals surface area contributed by atoms with Gasteiger partial charge in [0.25, 0.3) is 0 Å². The van der Waals surface area contributed by atoms with E-state index in [1.54, 1.807) is 44.2 Å². The van der Waals surface area contributed by atoms with Crippen molar-refractivity contribution in [2.75, 3.05) is 24.2 Å². The number of hydrogen-bond donors (Lipinski definition) is 1. The molecule has 0 fully saturated rings. The molecule has 0 saturated carbocycles. The fourth-order valence-electron chi connectivity index (χ4n) is 3.71. The molecule has 0 aromatic heterocycles. The van der Waals surface area contributed by atoms with Crippen LogP contribution in [0.15, 0.2) is 42.5 Å². The summed E-state index contributed by atoms with van der Waals surface area (Å²) in [6, 6.07) is 10.0. The number of nitrogens with zero attached hydrogens (tertiary/aromatic N) is 2. The number of rotatable bonds is 11. The molecule has 0 bridgehead atoms. The molecule has 34 heavy (non-hydrogen) atoms. The van der Waals surface area contributed by atoms with E-state index in [4.69, 9.17) is 11.6 Å². The van der Waals surface area contributed by atoms with Crippen LogP contribution in [0.1, 0.15) is 37.3 Å². The topological polar surface area (TPSA) is 86.8 Å². The maximum atomic E-state index is 13.3. The van der Waals surface area contributed by atoms with Crippen molar-refractivity contribution in [3.05, 3.63) is 64.4 Å². The standard InChI is InChI=1S/C24H31ClFN3O4S/c1-5-21(24(31)27-3)28(16-18-9-12-20(26)13-10-18)23(30)7-6-14-29(34(4,32)33)22-15-19(25)11-8-17(22)2/h8-13,15,21H,5-7,14,16H2,1-4H3,(H,27,31)/t21-/m0/s1. The van der Waals surface area contributed by atoms with Crippen LogP contribution in [-0.2, 0) is 26.2 Å². The lowest BCUT2D eigenvalue weighted by atomic mass is 10.1. The number of aryl methyl sites for hydroxylation is 1. The van der Waals surface area contributed by atoms with E-state index in [0.717, 1.165) is 11.8 Å². The number of nitrogens with one attached hydrogen (secondary N) is 1. The molecule has 10 heteroatoms. The lowest BCUT2D eigenvalue weighted by Crippen LogP contribution is -2.48. The van der Waals surface area contributed by atoms with Gasteiger partial charge in [-0.05, 0) is 55.2 Å². The van der Waals surface area contributed by atoms with E-state index in [0.29, 0.717) is 22.7 Å². The van der Waals surface area contributed by atoms with E-state index < -0.39 is 21.9 Å². The summed E-state index contributed by atoms with van der Waals surface area (Å²) >= 11 is 6.07. The molecule has 7 nitrogen and oxygen atoms in total. The van der Waals surface area contributed by atoms with Gasteiger partial charge in [-0.15, -0.1) is 0 Å². The first-order valence-electron chi connectivity index (χ1n) is 11.0. The van der Waals surface area contributed by atoms with Crippen molar-refractivity contribution in [2.24, 2.45) is 0 Å². The van der Waals surface area contributed by atoms with Crippen LogP contribution in [0, 0.1) is 12.7 Å². The summed E-state index contributed by atoms with van der Waals surface area (Å²) in [4.78, 5) is 27.1. The summed E-state index contributed by atoms with van der Waals surface area (Å²) in [5.74, 6) is -0.988. The number of benzene rings is 2. The van der Waals surface area contributed by atoms with Crippen LogP contribution in [0.4, 0.5) is 10.1 Å². The lowest BCUT2D eigenvalue weighted by molar-refractivity contribution is -0.141. The van der Waals surface area contributed by atoms with Crippen molar-refractivity contribution in [3.8, 4) is 0 Å². The number of carbonyl (C=O) groups excluding carboxylic acids is 2. The van der Waals surface area contributed by atoms with Gasteiger partial charge in [-0.3, -0.25) is 13.9 Å². The minimum atomic E-state index is -3.62. The molecule has 186 valence electrons. The molecule has 2 rings (SSSR count). The Hall–Kier alpha value is -2.65. The molecule has 2 aromatic carbocycles. The van der Waals surface area contributed by atoms with Crippen LogP contribution in [0.5, 0.6) is 0 Å². The van der Waals surface area contributed by atoms with Crippen molar-refractivity contribution in [3.63, 3.8) is 0 Å². The molecule has 0 aliphatic heterocycles. The van der Waals surface area contributed by atoms with Crippen LogP contribution in [0.3, 0.4) is 0 Å². The lowest BCUT2D eigenvalue weighted by Gasteiger charge is -2.31. The maximum Gasteiger partial charge on any atom is 0.242 e. The van der Waals surface area contributed by atoms with Crippen molar-refractivity contribution < 1.29 is 22.4 Å². The minimum Gasteiger partial charge on any atom is -0.357 e. The molecule has 0 aliphatic carbocycles. The van der Waals surface area contributed by atoms with Crippen LogP contribution in [0.25, 0.3) is 0 Å². The minimum absolute atomic E-state index is 0.0281. The Morgan fingerprint density at radius 1 is 1.15 bits per heavy atom. The summed E-state index contributed by atoms with van der Waals surface area (Å²) in [6.07, 6.45) is 1.76. The second-order valence-corrected chi connectivity index (χ2v) is 10.4. The van der Waals surface area contributed by atoms with Gasteiger partial charge < -0.3 is 10.2 Å². The molecular weight excluding hydrogens is 481 g/mol. The summed E-state index contributed by atoms with van der Waals surface area (Å²) in [6.45, 7) is 3.80. The summed E-state index contributed by atoms with van der Waals surface area (Å²) < 4.78 is 39.5. The molecular formula is C24H31ClFN3O4S. The quantitative estimate of drug-likeness (QED) is 0.496. The fourth-order valence-corrected chi connectivity index (χ4v) is 4.89. The van der Waals surface area contributed by atoms with Crippen molar-refractivity contribution in [1.29, 1.82) is 0 Å². The normalized spacial score (nSPS) is 12.2. The molecule has 0 radical (unpaired) electrons. The Morgan fingerprint density at radius 3 is 2.35 bits per heavy atom. The van der Waals surface area contributed by atoms with Crippen LogP contribution in [-0.4, -0.2) is 51.0 Å². The van der Waals surface area contributed by atoms with Gasteiger partial charge in [0.15, 0.2) is 0 Å². The SMILES string of the molecule is CC[C@@H](C(=O)NC)N(Cc1ccc(F)cc1)C(=O)CCCN(c1cc(Cl)ccc1C)S(C)(=O)=O. The van der Waals surface area contributed by atoms with E-state index in [1.165, 1.54) is 28.4 Å². The van der Waals surface area contributed by atoms with Crippen molar-refractivity contribution >= 4 is 39.1 Å². The van der Waals surface area contributed by atoms with Crippen LogP contribution in [0.2, 0.25) is 5.02 Å². The highest BCUT2D eigenvalue weighted by atomic mass is 35.5. The second-order valence-electron chi connectivity index (χ2n) is 8.06. The molecule has 0 aliphatic rings. The van der Waals surface area contributed by atoms with E-state index in [9.17, 15) is 22.4 Å². The number of hydrogen-bond acceptors (Lipinski definition) is 4. The Morgan fingerprint density at radius 2 is 1.79 bits per heavy atom. The van der Waals surface area contributed by atoms with Gasteiger partial charge in [0.1, 0.15) is 11.9 Å². The molecule has 1 atom stereocenters. The van der Waals surface area contributed by atoms with Gasteiger partial charge in [-0.1, -0.05) is 36.7 Å². The maximum absolute atomic E-state index is 13.3. The zero-order chi connectivity index (χ0) is 25.5. The fraction of sp³-hybridized carbons (Fsp3) is 0.417. The van der Waals surface area contributed by atoms with Gasteiger partial charge in [-0.2, -0.15) is 0 Å². The van der Waals surface area contributed by atoms with Crippen LogP contribution >= 0.6 is 11.6 Å². The Kier molecular flexibility index (Phi) is 9.88. The molecule has 1 N–H and O–H groups in total. The third kappa shape index (κ3) is 7.43.